The summed E-state index contributed by atoms with van der Waals surface area (Å²) < 4.78 is 6.33. The van der Waals surface area contributed by atoms with E-state index in [0.717, 1.165) is 56.0 Å². The molecule has 0 atom stereocenters. The Morgan fingerprint density at radius 2 is 0.707 bits per heavy atom. The molecule has 0 spiro atoms. The zero-order valence-corrected chi connectivity index (χ0v) is 31.9. The highest BCUT2D eigenvalue weighted by molar-refractivity contribution is 5.89. The highest BCUT2D eigenvalue weighted by atomic mass is 16.3. The van der Waals surface area contributed by atoms with Gasteiger partial charge in [-0.15, -0.1) is 0 Å². The number of para-hydroxylation sites is 1. The van der Waals surface area contributed by atoms with Gasteiger partial charge in [0, 0.05) is 28.0 Å². The van der Waals surface area contributed by atoms with Crippen molar-refractivity contribution in [3.05, 3.63) is 237 Å². The summed E-state index contributed by atoms with van der Waals surface area (Å²) in [5, 5.41) is 1.10. The maximum Gasteiger partial charge on any atom is 0.136 e. The van der Waals surface area contributed by atoms with Crippen LogP contribution in [0, 0.1) is 0 Å². The van der Waals surface area contributed by atoms with Crippen molar-refractivity contribution in [2.75, 3.05) is 4.90 Å². The average Bonchev–Trinajstić information content (AvgIpc) is 3.75. The molecule has 274 valence electrons. The first-order valence-electron chi connectivity index (χ1n) is 19.7. The summed E-state index contributed by atoms with van der Waals surface area (Å²) in [7, 11) is 0. The van der Waals surface area contributed by atoms with E-state index in [0.29, 0.717) is 0 Å². The van der Waals surface area contributed by atoms with E-state index in [1.165, 1.54) is 38.9 Å². The van der Waals surface area contributed by atoms with Gasteiger partial charge < -0.3 is 9.32 Å². The van der Waals surface area contributed by atoms with Crippen molar-refractivity contribution < 1.29 is 4.42 Å². The van der Waals surface area contributed by atoms with Gasteiger partial charge in [-0.25, -0.2) is 0 Å². The molecule has 0 aliphatic heterocycles. The quantitative estimate of drug-likeness (QED) is 0.146. The lowest BCUT2D eigenvalue weighted by Gasteiger charge is -2.26. The highest BCUT2D eigenvalue weighted by Crippen LogP contribution is 2.41. The molecular weight excluding hydrogens is 703 g/mol. The third-order valence-corrected chi connectivity index (χ3v) is 10.9. The number of hydrogen-bond acceptors (Lipinski definition) is 2. The Balaban J connectivity index is 1.05. The van der Waals surface area contributed by atoms with E-state index < -0.39 is 0 Å². The van der Waals surface area contributed by atoms with Crippen molar-refractivity contribution in [3.63, 3.8) is 0 Å². The molecule has 0 fully saturated rings. The average molecular weight is 742 g/mol. The molecule has 0 saturated carbocycles. The van der Waals surface area contributed by atoms with Gasteiger partial charge in [0.25, 0.3) is 0 Å². The smallest absolute Gasteiger partial charge is 0.136 e. The van der Waals surface area contributed by atoms with E-state index in [4.69, 9.17) is 4.42 Å². The first-order chi connectivity index (χ1) is 28.7. The molecule has 2 nitrogen and oxygen atoms in total. The molecule has 0 aliphatic rings. The van der Waals surface area contributed by atoms with E-state index in [1.807, 2.05) is 18.2 Å². The summed E-state index contributed by atoms with van der Waals surface area (Å²) in [5.41, 5.74) is 16.9. The molecule has 10 rings (SSSR count). The van der Waals surface area contributed by atoms with Gasteiger partial charge >= 0.3 is 0 Å². The molecule has 0 radical (unpaired) electrons. The van der Waals surface area contributed by atoms with Crippen LogP contribution in [-0.4, -0.2) is 0 Å². The molecule has 0 saturated heterocycles. The minimum atomic E-state index is 0.866. The van der Waals surface area contributed by atoms with E-state index >= 15 is 0 Å². The predicted octanol–water partition coefficient (Wildman–Crippen LogP) is 15.9. The molecule has 0 N–H and O–H groups in total. The van der Waals surface area contributed by atoms with Crippen LogP contribution in [0.2, 0.25) is 0 Å². The second-order valence-electron chi connectivity index (χ2n) is 14.6. The van der Waals surface area contributed by atoms with Gasteiger partial charge in [-0.2, -0.15) is 0 Å². The zero-order chi connectivity index (χ0) is 38.7. The Morgan fingerprint density at radius 3 is 1.28 bits per heavy atom. The fraction of sp³-hybridized carbons (Fsp3) is 0. The van der Waals surface area contributed by atoms with Crippen LogP contribution in [0.1, 0.15) is 0 Å². The molecule has 0 aliphatic carbocycles. The van der Waals surface area contributed by atoms with Crippen LogP contribution in [0.25, 0.3) is 77.9 Å². The lowest BCUT2D eigenvalue weighted by atomic mass is 9.93. The van der Waals surface area contributed by atoms with Crippen LogP contribution >= 0.6 is 0 Å². The van der Waals surface area contributed by atoms with Gasteiger partial charge in [-0.05, 0) is 122 Å². The van der Waals surface area contributed by atoms with Crippen molar-refractivity contribution >= 4 is 28.0 Å². The normalized spacial score (nSPS) is 11.1. The molecule has 10 aromatic rings. The molecule has 9 aromatic carbocycles. The lowest BCUT2D eigenvalue weighted by Crippen LogP contribution is -2.10. The number of nitrogens with zero attached hydrogens (tertiary/aromatic N) is 1. The van der Waals surface area contributed by atoms with E-state index in [1.54, 1.807) is 0 Å². The maximum absolute atomic E-state index is 6.33. The van der Waals surface area contributed by atoms with Gasteiger partial charge in [0.1, 0.15) is 11.3 Å². The Bertz CT molecular complexity index is 2880. The van der Waals surface area contributed by atoms with Gasteiger partial charge in [0.15, 0.2) is 0 Å². The van der Waals surface area contributed by atoms with Crippen molar-refractivity contribution in [3.8, 4) is 67.0 Å². The molecule has 0 unspecified atom stereocenters. The number of benzene rings is 9. The van der Waals surface area contributed by atoms with Gasteiger partial charge in [0.2, 0.25) is 0 Å². The first kappa shape index (κ1) is 34.8. The Kier molecular flexibility index (Phi) is 9.27. The molecule has 1 heterocycles. The summed E-state index contributed by atoms with van der Waals surface area (Å²) >= 11 is 0. The molecule has 2 heteroatoms. The number of hydrogen-bond donors (Lipinski definition) is 0. The van der Waals surface area contributed by atoms with E-state index in [9.17, 15) is 0 Å². The minimum absolute atomic E-state index is 0.866. The predicted molar refractivity (Wildman–Crippen MR) is 244 cm³/mol. The molecule has 0 amide bonds. The molecule has 0 bridgehead atoms. The second-order valence-corrected chi connectivity index (χ2v) is 14.6. The maximum atomic E-state index is 6.33. The van der Waals surface area contributed by atoms with Crippen molar-refractivity contribution in [2.24, 2.45) is 0 Å². The SMILES string of the molecule is c1ccc(-c2cc(-c3ccccc3)cc(-c3ccc(N(c4ccc(-c5ccccc5-c5cc6ccccc6o5)cc4)c4cccc(-c5ccccc5)c4)cc3)c2)cc1. The lowest BCUT2D eigenvalue weighted by molar-refractivity contribution is 0.632. The van der Waals surface area contributed by atoms with Crippen LogP contribution in [-0.2, 0) is 0 Å². The Hall–Kier alpha value is -7.68. The summed E-state index contributed by atoms with van der Waals surface area (Å²) in [4.78, 5) is 2.35. The zero-order valence-electron chi connectivity index (χ0n) is 31.9. The molecule has 58 heavy (non-hydrogen) atoms. The van der Waals surface area contributed by atoms with Crippen molar-refractivity contribution in [1.82, 2.24) is 0 Å². The standard InChI is InChI=1S/C56H39NO/c1-4-15-40(16-5-1)45-22-14-23-52(38-45)57(51-33-29-44(30-34-51)53-24-11-12-25-54(53)56-39-46-21-10-13-26-55(46)58-56)50-31-27-43(28-32-50)49-36-47(41-17-6-2-7-18-41)35-48(37-49)42-19-8-3-9-20-42/h1-39H. The topological polar surface area (TPSA) is 16.4 Å². The Labute approximate surface area is 339 Å². The van der Waals surface area contributed by atoms with Gasteiger partial charge in [-0.1, -0.05) is 170 Å². The fourth-order valence-electron chi connectivity index (χ4n) is 7.95. The highest BCUT2D eigenvalue weighted by Gasteiger charge is 2.17. The fourth-order valence-corrected chi connectivity index (χ4v) is 7.95. The van der Waals surface area contributed by atoms with Crippen LogP contribution < -0.4 is 4.90 Å². The van der Waals surface area contributed by atoms with Crippen LogP contribution in [0.4, 0.5) is 17.1 Å². The number of rotatable bonds is 9. The minimum Gasteiger partial charge on any atom is -0.456 e. The van der Waals surface area contributed by atoms with Crippen molar-refractivity contribution in [1.29, 1.82) is 0 Å². The van der Waals surface area contributed by atoms with E-state index in [-0.39, 0.29) is 0 Å². The van der Waals surface area contributed by atoms with Crippen LogP contribution in [0.3, 0.4) is 0 Å². The van der Waals surface area contributed by atoms with E-state index in [2.05, 4.69) is 223 Å². The number of anilines is 3. The third-order valence-electron chi connectivity index (χ3n) is 10.9. The Morgan fingerprint density at radius 1 is 0.259 bits per heavy atom. The second kappa shape index (κ2) is 15.5. The first-order valence-corrected chi connectivity index (χ1v) is 19.7. The monoisotopic (exact) mass is 741 g/mol. The summed E-state index contributed by atoms with van der Waals surface area (Å²) in [6, 6.07) is 84.3. The van der Waals surface area contributed by atoms with Crippen LogP contribution in [0.5, 0.6) is 0 Å². The van der Waals surface area contributed by atoms with Gasteiger partial charge in [0.05, 0.1) is 0 Å². The molecular formula is C56H39NO. The number of fused-ring (bicyclic) bond motifs is 1. The van der Waals surface area contributed by atoms with Gasteiger partial charge in [-0.3, -0.25) is 0 Å². The summed E-state index contributed by atoms with van der Waals surface area (Å²) in [6.07, 6.45) is 0. The number of furan rings is 1. The summed E-state index contributed by atoms with van der Waals surface area (Å²) in [6.45, 7) is 0. The van der Waals surface area contributed by atoms with Crippen LogP contribution in [0.15, 0.2) is 241 Å². The largest absolute Gasteiger partial charge is 0.456 e. The van der Waals surface area contributed by atoms with Crippen molar-refractivity contribution in [2.45, 2.75) is 0 Å². The third kappa shape index (κ3) is 7.00. The summed E-state index contributed by atoms with van der Waals surface area (Å²) in [5.74, 6) is 0.866. The molecule has 1 aromatic heterocycles.